The van der Waals surface area contributed by atoms with Crippen LogP contribution >= 0.6 is 0 Å². The van der Waals surface area contributed by atoms with Crippen molar-refractivity contribution in [1.82, 2.24) is 15.5 Å². The quantitative estimate of drug-likeness (QED) is 0.701. The van der Waals surface area contributed by atoms with Gasteiger partial charge < -0.3 is 15.5 Å². The maximum absolute atomic E-state index is 13.1. The third-order valence-electron chi connectivity index (χ3n) is 5.92. The van der Waals surface area contributed by atoms with E-state index in [1.807, 2.05) is 13.8 Å². The minimum atomic E-state index is -0.637. The molecule has 156 valence electrons. The van der Waals surface area contributed by atoms with Crippen LogP contribution in [-0.4, -0.2) is 48.9 Å². The standard InChI is InChI=1S/C22H34FN3O2/c1-16(2)19(25-20(27)17-9-11-18(23)12-10-17)21(28)24-15-22(26(3)4)13-7-5-6-8-14-22/h9-12,16,19H,5-8,13-15H2,1-4H3,(H,24,28)(H,25,27). The molecular formula is C22H34FN3O2. The molecule has 1 aliphatic rings. The molecule has 1 atom stereocenters. The van der Waals surface area contributed by atoms with Crippen molar-refractivity contribution < 1.29 is 14.0 Å². The highest BCUT2D eigenvalue weighted by atomic mass is 19.1. The zero-order valence-electron chi connectivity index (χ0n) is 17.6. The van der Waals surface area contributed by atoms with Crippen molar-refractivity contribution in [1.29, 1.82) is 0 Å². The van der Waals surface area contributed by atoms with Crippen LogP contribution in [0.4, 0.5) is 4.39 Å². The van der Waals surface area contributed by atoms with Crippen molar-refractivity contribution in [2.24, 2.45) is 5.92 Å². The highest BCUT2D eigenvalue weighted by Gasteiger charge is 2.34. The fraction of sp³-hybridized carbons (Fsp3) is 0.636. The van der Waals surface area contributed by atoms with Crippen LogP contribution < -0.4 is 10.6 Å². The monoisotopic (exact) mass is 391 g/mol. The van der Waals surface area contributed by atoms with Gasteiger partial charge in [-0.25, -0.2) is 4.39 Å². The molecule has 28 heavy (non-hydrogen) atoms. The smallest absolute Gasteiger partial charge is 0.251 e. The van der Waals surface area contributed by atoms with Crippen molar-refractivity contribution in [3.05, 3.63) is 35.6 Å². The first-order valence-corrected chi connectivity index (χ1v) is 10.3. The molecule has 0 aliphatic heterocycles. The molecule has 1 unspecified atom stereocenters. The van der Waals surface area contributed by atoms with Gasteiger partial charge in [0.2, 0.25) is 5.91 Å². The third kappa shape index (κ3) is 5.77. The Hall–Kier alpha value is -1.95. The van der Waals surface area contributed by atoms with E-state index >= 15 is 0 Å². The van der Waals surface area contributed by atoms with Crippen LogP contribution in [0.5, 0.6) is 0 Å². The Kier molecular flexibility index (Phi) is 7.98. The molecule has 1 aromatic carbocycles. The topological polar surface area (TPSA) is 61.4 Å². The van der Waals surface area contributed by atoms with Gasteiger partial charge in [-0.2, -0.15) is 0 Å². The number of likely N-dealkylation sites (N-methyl/N-ethyl adjacent to an activating group) is 1. The van der Waals surface area contributed by atoms with E-state index in [-0.39, 0.29) is 23.3 Å². The van der Waals surface area contributed by atoms with Gasteiger partial charge in [-0.3, -0.25) is 9.59 Å². The zero-order chi connectivity index (χ0) is 20.7. The minimum Gasteiger partial charge on any atom is -0.352 e. The van der Waals surface area contributed by atoms with Crippen molar-refractivity contribution in [3.8, 4) is 0 Å². The predicted octanol–water partition coefficient (Wildman–Crippen LogP) is 3.35. The average Bonchev–Trinajstić information content (AvgIpc) is 2.91. The van der Waals surface area contributed by atoms with E-state index in [2.05, 4.69) is 29.6 Å². The maximum Gasteiger partial charge on any atom is 0.251 e. The highest BCUT2D eigenvalue weighted by Crippen LogP contribution is 2.30. The molecule has 0 heterocycles. The lowest BCUT2D eigenvalue weighted by molar-refractivity contribution is -0.124. The second-order valence-corrected chi connectivity index (χ2v) is 8.45. The van der Waals surface area contributed by atoms with Gasteiger partial charge in [0.05, 0.1) is 0 Å². The van der Waals surface area contributed by atoms with Gasteiger partial charge in [0.25, 0.3) is 5.91 Å². The number of nitrogens with one attached hydrogen (secondary N) is 2. The van der Waals surface area contributed by atoms with E-state index in [1.54, 1.807) is 0 Å². The SMILES string of the molecule is CC(C)C(NC(=O)c1ccc(F)cc1)C(=O)NCC1(N(C)C)CCCCCC1. The second-order valence-electron chi connectivity index (χ2n) is 8.45. The fourth-order valence-corrected chi connectivity index (χ4v) is 3.89. The van der Waals surface area contributed by atoms with Crippen molar-refractivity contribution in [2.45, 2.75) is 64.0 Å². The Labute approximate surface area is 168 Å². The van der Waals surface area contributed by atoms with Gasteiger partial charge >= 0.3 is 0 Å². The van der Waals surface area contributed by atoms with Crippen LogP contribution in [-0.2, 0) is 4.79 Å². The maximum atomic E-state index is 13.1. The number of amides is 2. The summed E-state index contributed by atoms with van der Waals surface area (Å²) in [5.41, 5.74) is 0.308. The van der Waals surface area contributed by atoms with Gasteiger partial charge in [-0.05, 0) is 57.1 Å². The van der Waals surface area contributed by atoms with Gasteiger partial charge in [0, 0.05) is 17.6 Å². The third-order valence-corrected chi connectivity index (χ3v) is 5.92. The van der Waals surface area contributed by atoms with Gasteiger partial charge in [0.1, 0.15) is 11.9 Å². The van der Waals surface area contributed by atoms with E-state index in [0.717, 1.165) is 12.8 Å². The second kappa shape index (κ2) is 10.0. The summed E-state index contributed by atoms with van der Waals surface area (Å²) in [6.07, 6.45) is 6.95. The molecular weight excluding hydrogens is 357 g/mol. The molecule has 0 bridgehead atoms. The molecule has 2 rings (SSSR count). The number of rotatable bonds is 7. The summed E-state index contributed by atoms with van der Waals surface area (Å²) < 4.78 is 13.1. The van der Waals surface area contributed by atoms with Crippen molar-refractivity contribution in [2.75, 3.05) is 20.6 Å². The Balaban J connectivity index is 2.03. The first-order valence-electron chi connectivity index (χ1n) is 10.3. The van der Waals surface area contributed by atoms with Crippen molar-refractivity contribution in [3.63, 3.8) is 0 Å². The number of carbonyl (C=O) groups excluding carboxylic acids is 2. The molecule has 6 heteroatoms. The van der Waals surface area contributed by atoms with E-state index in [9.17, 15) is 14.0 Å². The molecule has 1 saturated carbocycles. The fourth-order valence-electron chi connectivity index (χ4n) is 3.89. The highest BCUT2D eigenvalue weighted by molar-refractivity contribution is 5.97. The first-order chi connectivity index (χ1) is 13.2. The summed E-state index contributed by atoms with van der Waals surface area (Å²) in [6, 6.07) is 4.69. The summed E-state index contributed by atoms with van der Waals surface area (Å²) in [7, 11) is 4.15. The van der Waals surface area contributed by atoms with Crippen molar-refractivity contribution >= 4 is 11.8 Å². The van der Waals surface area contributed by atoms with Crippen LogP contribution in [0, 0.1) is 11.7 Å². The zero-order valence-corrected chi connectivity index (χ0v) is 17.6. The molecule has 5 nitrogen and oxygen atoms in total. The van der Waals surface area contributed by atoms with Gasteiger partial charge in [-0.1, -0.05) is 39.5 Å². The van der Waals surface area contributed by atoms with E-state index in [4.69, 9.17) is 0 Å². The minimum absolute atomic E-state index is 0.0331. The normalized spacial score (nSPS) is 17.8. The van der Waals surface area contributed by atoms with Crippen LogP contribution in [0.15, 0.2) is 24.3 Å². The molecule has 1 aromatic rings. The van der Waals surface area contributed by atoms with E-state index in [0.29, 0.717) is 12.1 Å². The Morgan fingerprint density at radius 2 is 1.64 bits per heavy atom. The summed E-state index contributed by atoms with van der Waals surface area (Å²) in [5.74, 6) is -0.998. The molecule has 2 amide bonds. The van der Waals surface area contributed by atoms with E-state index < -0.39 is 11.9 Å². The molecule has 1 fully saturated rings. The first kappa shape index (κ1) is 22.3. The molecule has 2 N–H and O–H groups in total. The molecule has 0 spiro atoms. The summed E-state index contributed by atoms with van der Waals surface area (Å²) >= 11 is 0. The number of halogens is 1. The Morgan fingerprint density at radius 3 is 2.14 bits per heavy atom. The number of benzene rings is 1. The number of nitrogens with zero attached hydrogens (tertiary/aromatic N) is 1. The number of hydrogen-bond donors (Lipinski definition) is 2. The summed E-state index contributed by atoms with van der Waals surface area (Å²) in [4.78, 5) is 27.6. The number of hydrogen-bond acceptors (Lipinski definition) is 3. The lowest BCUT2D eigenvalue weighted by Crippen LogP contribution is -2.56. The van der Waals surface area contributed by atoms with E-state index in [1.165, 1.54) is 49.9 Å². The number of carbonyl (C=O) groups is 2. The van der Waals surface area contributed by atoms with Crippen LogP contribution in [0.25, 0.3) is 0 Å². The van der Waals surface area contributed by atoms with Crippen LogP contribution in [0.1, 0.15) is 62.7 Å². The van der Waals surface area contributed by atoms with Crippen LogP contribution in [0.2, 0.25) is 0 Å². The molecule has 0 radical (unpaired) electrons. The largest absolute Gasteiger partial charge is 0.352 e. The lowest BCUT2D eigenvalue weighted by Gasteiger charge is -2.40. The van der Waals surface area contributed by atoms with Gasteiger partial charge in [-0.15, -0.1) is 0 Å². The molecule has 1 aliphatic carbocycles. The lowest BCUT2D eigenvalue weighted by atomic mass is 9.88. The van der Waals surface area contributed by atoms with Crippen LogP contribution in [0.3, 0.4) is 0 Å². The summed E-state index contributed by atoms with van der Waals surface area (Å²) in [5, 5.41) is 5.90. The summed E-state index contributed by atoms with van der Waals surface area (Å²) in [6.45, 7) is 4.39. The molecule has 0 saturated heterocycles. The average molecular weight is 392 g/mol. The Bertz CT molecular complexity index is 650. The predicted molar refractivity (Wildman–Crippen MR) is 110 cm³/mol. The molecule has 0 aromatic heterocycles. The van der Waals surface area contributed by atoms with Gasteiger partial charge in [0.15, 0.2) is 0 Å². The Morgan fingerprint density at radius 1 is 1.07 bits per heavy atom.